The number of rotatable bonds is 9. The molecule has 4 rings (SSSR count). The van der Waals surface area contributed by atoms with Gasteiger partial charge in [0.15, 0.2) is 0 Å². The second-order valence-corrected chi connectivity index (χ2v) is 9.24. The first-order chi connectivity index (χ1) is 16.2. The van der Waals surface area contributed by atoms with Crippen LogP contribution in [-0.4, -0.2) is 54.3 Å². The number of aliphatic hydroxyl groups excluding tert-OH is 1. The van der Waals surface area contributed by atoms with Crippen LogP contribution in [0.5, 0.6) is 5.75 Å². The molecule has 0 radical (unpaired) electrons. The number of aliphatic hydroxyl groups is 1. The molecule has 1 unspecified atom stereocenters. The van der Waals surface area contributed by atoms with Gasteiger partial charge in [0.25, 0.3) is 0 Å². The SMILES string of the molecule is O=C(C=Cc1ccccc1OCC(O)CNC1CCC(c2ccccc2)CC1)N1CCCC1. The molecule has 2 aliphatic rings. The molecule has 1 saturated heterocycles. The van der Waals surface area contributed by atoms with E-state index in [1.807, 2.05) is 35.2 Å². The second-order valence-electron chi connectivity index (χ2n) is 9.24. The van der Waals surface area contributed by atoms with Crippen LogP contribution in [0.1, 0.15) is 55.6 Å². The molecule has 0 aromatic heterocycles. The van der Waals surface area contributed by atoms with Crippen molar-refractivity contribution in [1.82, 2.24) is 10.2 Å². The molecule has 0 spiro atoms. The number of likely N-dealkylation sites (tertiary alicyclic amines) is 1. The van der Waals surface area contributed by atoms with Crippen molar-refractivity contribution in [3.8, 4) is 5.75 Å². The van der Waals surface area contributed by atoms with E-state index in [4.69, 9.17) is 4.74 Å². The number of hydrogen-bond acceptors (Lipinski definition) is 4. The zero-order chi connectivity index (χ0) is 22.9. The normalized spacial score (nSPS) is 21.9. The van der Waals surface area contributed by atoms with Crippen LogP contribution in [0.4, 0.5) is 0 Å². The number of benzene rings is 2. The van der Waals surface area contributed by atoms with Crippen molar-refractivity contribution < 1.29 is 14.6 Å². The summed E-state index contributed by atoms with van der Waals surface area (Å²) < 4.78 is 5.91. The number of carbonyl (C=O) groups is 1. The van der Waals surface area contributed by atoms with Crippen molar-refractivity contribution in [2.45, 2.75) is 56.6 Å². The van der Waals surface area contributed by atoms with Gasteiger partial charge in [-0.1, -0.05) is 48.5 Å². The van der Waals surface area contributed by atoms with Crippen molar-refractivity contribution in [3.05, 3.63) is 71.8 Å². The summed E-state index contributed by atoms with van der Waals surface area (Å²) in [5.74, 6) is 1.39. The number of hydrogen-bond donors (Lipinski definition) is 2. The fourth-order valence-electron chi connectivity index (χ4n) is 4.86. The maximum Gasteiger partial charge on any atom is 0.246 e. The first kappa shape index (κ1) is 23.5. The number of para-hydroxylation sites is 1. The van der Waals surface area contributed by atoms with E-state index in [2.05, 4.69) is 35.6 Å². The van der Waals surface area contributed by atoms with Gasteiger partial charge in [0.2, 0.25) is 5.91 Å². The molecule has 5 heteroatoms. The Labute approximate surface area is 197 Å². The van der Waals surface area contributed by atoms with Crippen LogP contribution in [0.15, 0.2) is 60.7 Å². The van der Waals surface area contributed by atoms with Crippen LogP contribution >= 0.6 is 0 Å². The molecule has 33 heavy (non-hydrogen) atoms. The molecule has 1 saturated carbocycles. The Kier molecular flexibility index (Phi) is 8.56. The quantitative estimate of drug-likeness (QED) is 0.559. The van der Waals surface area contributed by atoms with E-state index < -0.39 is 6.10 Å². The molecule has 1 aliphatic carbocycles. The van der Waals surface area contributed by atoms with Gasteiger partial charge in [0.05, 0.1) is 0 Å². The third-order valence-electron chi connectivity index (χ3n) is 6.81. The Bertz CT molecular complexity index is 900. The highest BCUT2D eigenvalue weighted by Crippen LogP contribution is 2.32. The Balaban J connectivity index is 1.19. The lowest BCUT2D eigenvalue weighted by molar-refractivity contribution is -0.124. The number of carbonyl (C=O) groups excluding carboxylic acids is 1. The van der Waals surface area contributed by atoms with Gasteiger partial charge in [-0.2, -0.15) is 0 Å². The minimum absolute atomic E-state index is 0.0496. The smallest absolute Gasteiger partial charge is 0.246 e. The summed E-state index contributed by atoms with van der Waals surface area (Å²) in [4.78, 5) is 14.2. The van der Waals surface area contributed by atoms with E-state index in [0.717, 1.165) is 44.3 Å². The van der Waals surface area contributed by atoms with E-state index in [0.29, 0.717) is 24.3 Å². The zero-order valence-electron chi connectivity index (χ0n) is 19.4. The van der Waals surface area contributed by atoms with Crippen molar-refractivity contribution in [2.24, 2.45) is 0 Å². The number of amides is 1. The highest BCUT2D eigenvalue weighted by atomic mass is 16.5. The summed E-state index contributed by atoms with van der Waals surface area (Å²) in [5.41, 5.74) is 2.30. The van der Waals surface area contributed by atoms with Gasteiger partial charge in [-0.05, 0) is 62.1 Å². The average Bonchev–Trinajstić information content (AvgIpc) is 3.41. The Morgan fingerprint density at radius 1 is 1.03 bits per heavy atom. The minimum atomic E-state index is -0.583. The van der Waals surface area contributed by atoms with Crippen LogP contribution in [0.25, 0.3) is 6.08 Å². The van der Waals surface area contributed by atoms with Crippen molar-refractivity contribution >= 4 is 12.0 Å². The van der Waals surface area contributed by atoms with Crippen LogP contribution in [0, 0.1) is 0 Å². The summed E-state index contributed by atoms with van der Waals surface area (Å²) in [5, 5.41) is 14.0. The van der Waals surface area contributed by atoms with E-state index in [-0.39, 0.29) is 12.5 Å². The summed E-state index contributed by atoms with van der Waals surface area (Å²) >= 11 is 0. The largest absolute Gasteiger partial charge is 0.490 e. The Hall–Kier alpha value is -2.63. The van der Waals surface area contributed by atoms with Gasteiger partial charge >= 0.3 is 0 Å². The predicted octanol–water partition coefficient (Wildman–Crippen LogP) is 4.38. The molecule has 2 N–H and O–H groups in total. The fourth-order valence-corrected chi connectivity index (χ4v) is 4.86. The Morgan fingerprint density at radius 3 is 2.48 bits per heavy atom. The molecule has 2 aromatic carbocycles. The lowest BCUT2D eigenvalue weighted by Crippen LogP contribution is -2.39. The number of nitrogens with zero attached hydrogens (tertiary/aromatic N) is 1. The molecular formula is C28H36N2O3. The molecule has 0 bridgehead atoms. The molecule has 1 amide bonds. The maximum atomic E-state index is 12.3. The minimum Gasteiger partial charge on any atom is -0.490 e. The third-order valence-corrected chi connectivity index (χ3v) is 6.81. The summed E-state index contributed by atoms with van der Waals surface area (Å²) in [6.07, 6.45) is 9.65. The maximum absolute atomic E-state index is 12.3. The molecular weight excluding hydrogens is 412 g/mol. The van der Waals surface area contributed by atoms with Crippen molar-refractivity contribution in [2.75, 3.05) is 26.2 Å². The number of ether oxygens (including phenoxy) is 1. The van der Waals surface area contributed by atoms with Crippen molar-refractivity contribution in [1.29, 1.82) is 0 Å². The number of nitrogens with one attached hydrogen (secondary N) is 1. The van der Waals surface area contributed by atoms with Gasteiger partial charge in [0.1, 0.15) is 18.5 Å². The standard InChI is InChI=1S/C28H36N2O3/c31-26(20-29-25-15-12-23(13-16-25)22-8-2-1-3-9-22)21-33-27-11-5-4-10-24(27)14-17-28(32)30-18-6-7-19-30/h1-5,8-11,14,17,23,25-26,29,31H,6-7,12-13,15-16,18-21H2. The van der Waals surface area contributed by atoms with E-state index in [1.54, 1.807) is 6.08 Å². The average molecular weight is 449 g/mol. The van der Waals surface area contributed by atoms with E-state index >= 15 is 0 Å². The highest BCUT2D eigenvalue weighted by Gasteiger charge is 2.22. The van der Waals surface area contributed by atoms with Gasteiger partial charge in [0, 0.05) is 37.3 Å². The van der Waals surface area contributed by atoms with Crippen molar-refractivity contribution in [3.63, 3.8) is 0 Å². The molecule has 1 aliphatic heterocycles. The van der Waals surface area contributed by atoms with Gasteiger partial charge in [-0.3, -0.25) is 4.79 Å². The predicted molar refractivity (Wildman–Crippen MR) is 132 cm³/mol. The lowest BCUT2D eigenvalue weighted by Gasteiger charge is -2.30. The summed E-state index contributed by atoms with van der Waals surface area (Å²) in [7, 11) is 0. The van der Waals surface area contributed by atoms with Gasteiger partial charge in [-0.15, -0.1) is 0 Å². The van der Waals surface area contributed by atoms with Crippen LogP contribution in [0.2, 0.25) is 0 Å². The van der Waals surface area contributed by atoms with Crippen LogP contribution < -0.4 is 10.1 Å². The molecule has 176 valence electrons. The van der Waals surface area contributed by atoms with Gasteiger partial charge < -0.3 is 20.1 Å². The summed E-state index contributed by atoms with van der Waals surface area (Å²) in [6, 6.07) is 18.9. The zero-order valence-corrected chi connectivity index (χ0v) is 19.4. The molecule has 1 heterocycles. The first-order valence-corrected chi connectivity index (χ1v) is 12.3. The monoisotopic (exact) mass is 448 g/mol. The molecule has 2 fully saturated rings. The van der Waals surface area contributed by atoms with Crippen LogP contribution in [-0.2, 0) is 4.79 Å². The molecule has 1 atom stereocenters. The fraction of sp³-hybridized carbons (Fsp3) is 0.464. The third kappa shape index (κ3) is 6.92. The lowest BCUT2D eigenvalue weighted by atomic mass is 9.82. The van der Waals surface area contributed by atoms with E-state index in [9.17, 15) is 9.90 Å². The first-order valence-electron chi connectivity index (χ1n) is 12.3. The van der Waals surface area contributed by atoms with Gasteiger partial charge in [-0.25, -0.2) is 0 Å². The highest BCUT2D eigenvalue weighted by molar-refractivity contribution is 5.92. The Morgan fingerprint density at radius 2 is 1.73 bits per heavy atom. The topological polar surface area (TPSA) is 61.8 Å². The summed E-state index contributed by atoms with van der Waals surface area (Å²) in [6.45, 7) is 2.42. The van der Waals surface area contributed by atoms with Crippen LogP contribution in [0.3, 0.4) is 0 Å². The molecule has 2 aromatic rings. The second kappa shape index (κ2) is 12.0. The van der Waals surface area contributed by atoms with E-state index in [1.165, 1.54) is 18.4 Å². The molecule has 5 nitrogen and oxygen atoms in total.